The van der Waals surface area contributed by atoms with Crippen molar-refractivity contribution in [3.8, 4) is 5.88 Å². The van der Waals surface area contributed by atoms with Crippen molar-refractivity contribution in [3.63, 3.8) is 0 Å². The molecule has 0 N–H and O–H groups in total. The van der Waals surface area contributed by atoms with E-state index in [1.165, 1.54) is 18.1 Å². The lowest BCUT2D eigenvalue weighted by Gasteiger charge is -2.32. The second-order valence-corrected chi connectivity index (χ2v) is 6.93. The number of fused-ring (bicyclic) bond motifs is 1. The van der Waals surface area contributed by atoms with E-state index in [-0.39, 0.29) is 12.0 Å². The molecule has 1 aliphatic heterocycles. The topological polar surface area (TPSA) is 81.4 Å². The molecule has 0 bridgehead atoms. The molecule has 3 aromatic rings. The lowest BCUT2D eigenvalue weighted by molar-refractivity contribution is -0.131. The number of hydrogen-bond acceptors (Lipinski definition) is 7. The molecule has 1 fully saturated rings. The zero-order chi connectivity index (χ0) is 17.8. The van der Waals surface area contributed by atoms with Gasteiger partial charge in [0.25, 0.3) is 5.22 Å². The highest BCUT2D eigenvalue weighted by atomic mass is 32.2. The Hall–Kier alpha value is -2.61. The fraction of sp³-hybridized carbons (Fsp3) is 0.333. The summed E-state index contributed by atoms with van der Waals surface area (Å²) in [7, 11) is 0. The van der Waals surface area contributed by atoms with Crippen molar-refractivity contribution in [1.82, 2.24) is 19.9 Å². The summed E-state index contributed by atoms with van der Waals surface area (Å²) in [5, 5.41) is 0.519. The van der Waals surface area contributed by atoms with Crippen LogP contribution in [0.3, 0.4) is 0 Å². The summed E-state index contributed by atoms with van der Waals surface area (Å²) in [6.45, 7) is 1.31. The highest BCUT2D eigenvalue weighted by Crippen LogP contribution is 2.24. The van der Waals surface area contributed by atoms with Gasteiger partial charge in [-0.25, -0.2) is 15.0 Å². The number of piperidine rings is 1. The van der Waals surface area contributed by atoms with Crippen molar-refractivity contribution < 1.29 is 13.9 Å². The molecule has 1 aromatic carbocycles. The van der Waals surface area contributed by atoms with Gasteiger partial charge in [0, 0.05) is 18.8 Å². The van der Waals surface area contributed by atoms with Crippen LogP contribution in [-0.4, -0.2) is 50.7 Å². The molecule has 1 aliphatic rings. The largest absolute Gasteiger partial charge is 0.472 e. The monoisotopic (exact) mass is 370 g/mol. The molecule has 0 radical (unpaired) electrons. The number of rotatable bonds is 5. The Morgan fingerprint density at radius 1 is 1.35 bits per heavy atom. The third-order valence-corrected chi connectivity index (χ3v) is 4.98. The summed E-state index contributed by atoms with van der Waals surface area (Å²) in [4.78, 5) is 26.7. The molecule has 0 aliphatic carbocycles. The Morgan fingerprint density at radius 3 is 3.12 bits per heavy atom. The predicted molar refractivity (Wildman–Crippen MR) is 97.0 cm³/mol. The fourth-order valence-electron chi connectivity index (χ4n) is 2.91. The molecule has 2 aromatic heterocycles. The number of ether oxygens (including phenoxy) is 1. The Bertz CT molecular complexity index is 853. The van der Waals surface area contributed by atoms with Crippen molar-refractivity contribution in [3.05, 3.63) is 42.9 Å². The zero-order valence-corrected chi connectivity index (χ0v) is 14.9. The van der Waals surface area contributed by atoms with Crippen LogP contribution in [0.1, 0.15) is 12.8 Å². The number of aromatic nitrogens is 3. The number of para-hydroxylation sites is 2. The minimum Gasteiger partial charge on any atom is -0.472 e. The number of carbonyl (C=O) groups excluding carboxylic acids is 1. The van der Waals surface area contributed by atoms with Gasteiger partial charge >= 0.3 is 0 Å². The van der Waals surface area contributed by atoms with Crippen LogP contribution in [0.4, 0.5) is 0 Å². The van der Waals surface area contributed by atoms with E-state index < -0.39 is 0 Å². The minimum atomic E-state index is -0.0445. The van der Waals surface area contributed by atoms with Crippen molar-refractivity contribution >= 4 is 28.8 Å². The third kappa shape index (κ3) is 3.96. The Morgan fingerprint density at radius 2 is 2.27 bits per heavy atom. The SMILES string of the molecule is O=C(CSc1nc2ccccc2o1)N1CCC[C@H](Oc2ccncn2)C1. The molecule has 8 heteroatoms. The summed E-state index contributed by atoms with van der Waals surface area (Å²) in [6, 6.07) is 9.30. The van der Waals surface area contributed by atoms with Crippen LogP contribution in [0.5, 0.6) is 5.88 Å². The van der Waals surface area contributed by atoms with Crippen molar-refractivity contribution in [1.29, 1.82) is 0 Å². The van der Waals surface area contributed by atoms with Crippen LogP contribution in [0.2, 0.25) is 0 Å². The molecule has 134 valence electrons. The molecule has 3 heterocycles. The summed E-state index contributed by atoms with van der Waals surface area (Å²) in [5.41, 5.74) is 1.54. The van der Waals surface area contributed by atoms with Gasteiger partial charge in [-0.1, -0.05) is 23.9 Å². The number of oxazole rings is 1. The fourth-order valence-corrected chi connectivity index (χ4v) is 3.65. The molecular weight excluding hydrogens is 352 g/mol. The average Bonchev–Trinajstić information content (AvgIpc) is 3.10. The second-order valence-electron chi connectivity index (χ2n) is 6.01. The van der Waals surface area contributed by atoms with Gasteiger partial charge in [0.15, 0.2) is 5.58 Å². The van der Waals surface area contributed by atoms with E-state index in [4.69, 9.17) is 9.15 Å². The van der Waals surface area contributed by atoms with Crippen molar-refractivity contribution in [2.24, 2.45) is 0 Å². The highest BCUT2D eigenvalue weighted by molar-refractivity contribution is 7.99. The van der Waals surface area contributed by atoms with E-state index in [1.54, 1.807) is 12.3 Å². The normalized spacial score (nSPS) is 17.4. The standard InChI is InChI=1S/C18H18N4O3S/c23-17(11-26-18-21-14-5-1-2-6-15(14)25-18)22-9-3-4-13(10-22)24-16-7-8-19-12-20-16/h1-2,5-8,12-13H,3-4,9-11H2/t13-/m0/s1. The van der Waals surface area contributed by atoms with Crippen LogP contribution in [0, 0.1) is 0 Å². The van der Waals surface area contributed by atoms with Crippen molar-refractivity contribution in [2.45, 2.75) is 24.2 Å². The first kappa shape index (κ1) is 16.8. The van der Waals surface area contributed by atoms with Crippen LogP contribution < -0.4 is 4.74 Å². The van der Waals surface area contributed by atoms with Crippen LogP contribution >= 0.6 is 11.8 Å². The lowest BCUT2D eigenvalue weighted by Crippen LogP contribution is -2.45. The molecule has 1 atom stereocenters. The zero-order valence-electron chi connectivity index (χ0n) is 14.1. The van der Waals surface area contributed by atoms with Gasteiger partial charge in [0.2, 0.25) is 11.8 Å². The first-order valence-electron chi connectivity index (χ1n) is 8.47. The molecule has 1 saturated heterocycles. The Kier molecular flexibility index (Phi) is 5.01. The molecular formula is C18H18N4O3S. The van der Waals surface area contributed by atoms with Gasteiger partial charge < -0.3 is 14.1 Å². The first-order valence-corrected chi connectivity index (χ1v) is 9.45. The number of nitrogens with zero attached hydrogens (tertiary/aromatic N) is 4. The maximum absolute atomic E-state index is 12.5. The average molecular weight is 370 g/mol. The number of thioether (sulfide) groups is 1. The van der Waals surface area contributed by atoms with Gasteiger partial charge in [0.1, 0.15) is 17.9 Å². The molecule has 1 amide bonds. The molecule has 4 rings (SSSR count). The lowest BCUT2D eigenvalue weighted by atomic mass is 10.1. The van der Waals surface area contributed by atoms with Crippen molar-refractivity contribution in [2.75, 3.05) is 18.8 Å². The highest BCUT2D eigenvalue weighted by Gasteiger charge is 2.25. The van der Waals surface area contributed by atoms with E-state index in [9.17, 15) is 4.79 Å². The van der Waals surface area contributed by atoms with Gasteiger partial charge in [0.05, 0.1) is 12.3 Å². The van der Waals surface area contributed by atoms with E-state index in [0.29, 0.717) is 23.4 Å². The van der Waals surface area contributed by atoms with E-state index in [1.807, 2.05) is 29.2 Å². The smallest absolute Gasteiger partial charge is 0.257 e. The summed E-state index contributed by atoms with van der Waals surface area (Å²) < 4.78 is 11.5. The first-order chi connectivity index (χ1) is 12.8. The predicted octanol–water partition coefficient (Wildman–Crippen LogP) is 2.78. The quantitative estimate of drug-likeness (QED) is 0.639. The van der Waals surface area contributed by atoms with Gasteiger partial charge in [-0.15, -0.1) is 0 Å². The van der Waals surface area contributed by atoms with Crippen LogP contribution in [-0.2, 0) is 4.79 Å². The maximum atomic E-state index is 12.5. The molecule has 0 saturated carbocycles. The van der Waals surface area contributed by atoms with Gasteiger partial charge in [-0.3, -0.25) is 4.79 Å². The number of carbonyl (C=O) groups is 1. The number of amides is 1. The number of likely N-dealkylation sites (tertiary alicyclic amines) is 1. The summed E-state index contributed by atoms with van der Waals surface area (Å²) >= 11 is 1.32. The molecule has 26 heavy (non-hydrogen) atoms. The molecule has 7 nitrogen and oxygen atoms in total. The Labute approximate surface area is 154 Å². The van der Waals surface area contributed by atoms with E-state index in [2.05, 4.69) is 15.0 Å². The molecule has 0 unspecified atom stereocenters. The summed E-state index contributed by atoms with van der Waals surface area (Å²) in [5.74, 6) is 0.904. The maximum Gasteiger partial charge on any atom is 0.257 e. The van der Waals surface area contributed by atoms with Crippen LogP contribution in [0.25, 0.3) is 11.1 Å². The third-order valence-electron chi connectivity index (χ3n) is 4.17. The summed E-state index contributed by atoms with van der Waals surface area (Å²) in [6.07, 6.45) is 4.88. The van der Waals surface area contributed by atoms with E-state index >= 15 is 0 Å². The Balaban J connectivity index is 1.32. The van der Waals surface area contributed by atoms with Crippen LogP contribution in [0.15, 0.2) is 52.5 Å². The van der Waals surface area contributed by atoms with Gasteiger partial charge in [-0.05, 0) is 25.0 Å². The second kappa shape index (κ2) is 7.74. The molecule has 0 spiro atoms. The minimum absolute atomic E-state index is 0.0445. The number of benzene rings is 1. The van der Waals surface area contributed by atoms with E-state index in [0.717, 1.165) is 30.5 Å². The van der Waals surface area contributed by atoms with Gasteiger partial charge in [-0.2, -0.15) is 0 Å². The number of hydrogen-bond donors (Lipinski definition) is 0.